The summed E-state index contributed by atoms with van der Waals surface area (Å²) in [6.07, 6.45) is 0. The van der Waals surface area contributed by atoms with E-state index in [0.717, 1.165) is 23.3 Å². The summed E-state index contributed by atoms with van der Waals surface area (Å²) in [5, 5.41) is 0.256. The quantitative estimate of drug-likeness (QED) is 0.643. The first-order chi connectivity index (χ1) is 14.8. The lowest BCUT2D eigenvalue weighted by Crippen LogP contribution is -2.43. The third-order valence-corrected chi connectivity index (χ3v) is 5.97. The van der Waals surface area contributed by atoms with Crippen LogP contribution < -0.4 is 5.56 Å². The van der Waals surface area contributed by atoms with Crippen LogP contribution in [0.5, 0.6) is 0 Å². The number of carbonyl (C=O) groups excluding carboxylic acids is 1. The van der Waals surface area contributed by atoms with Gasteiger partial charge in [-0.1, -0.05) is 6.07 Å². The number of hydrogen-bond donors (Lipinski definition) is 1. The topological polar surface area (TPSA) is 65.6 Å². The molecule has 2 aliphatic heterocycles. The lowest BCUT2D eigenvalue weighted by molar-refractivity contribution is 0.0437. The van der Waals surface area contributed by atoms with Crippen molar-refractivity contribution in [3.05, 3.63) is 80.5 Å². The van der Waals surface area contributed by atoms with Gasteiger partial charge in [-0.3, -0.25) is 4.79 Å². The zero-order valence-electron chi connectivity index (χ0n) is 16.5. The summed E-state index contributed by atoms with van der Waals surface area (Å²) >= 11 is 0. The standard InChI is InChI=1S/C22H18F3N3O3/c1-27(22(30)28-7-11-2-3-13(23)4-12(11)8-28)19-10-31-9-18-20(19)14-5-16(24)17(25)6-15(14)21(29)26-18/h2-6,19H,7-10H2,1H3,(H,26,29)/t19-/m0/s1. The molecule has 0 spiro atoms. The second kappa shape index (κ2) is 7.12. The van der Waals surface area contributed by atoms with E-state index >= 15 is 0 Å². The van der Waals surface area contributed by atoms with Crippen LogP contribution in [0.15, 0.2) is 35.1 Å². The van der Waals surface area contributed by atoms with Gasteiger partial charge in [0.15, 0.2) is 11.6 Å². The number of fused-ring (bicyclic) bond motifs is 4. The molecular formula is C22H18F3N3O3. The van der Waals surface area contributed by atoms with Gasteiger partial charge in [0.25, 0.3) is 5.56 Å². The molecule has 0 aliphatic carbocycles. The van der Waals surface area contributed by atoms with Crippen LogP contribution in [0.25, 0.3) is 10.8 Å². The van der Waals surface area contributed by atoms with Crippen LogP contribution in [0.3, 0.4) is 0 Å². The smallest absolute Gasteiger partial charge is 0.320 e. The van der Waals surface area contributed by atoms with Crippen LogP contribution in [0.1, 0.15) is 28.4 Å². The third kappa shape index (κ3) is 3.16. The van der Waals surface area contributed by atoms with Crippen LogP contribution in [0.2, 0.25) is 0 Å². The van der Waals surface area contributed by atoms with E-state index in [0.29, 0.717) is 17.8 Å². The van der Waals surface area contributed by atoms with Gasteiger partial charge in [0.1, 0.15) is 5.82 Å². The predicted octanol–water partition coefficient (Wildman–Crippen LogP) is 3.58. The van der Waals surface area contributed by atoms with Gasteiger partial charge in [-0.15, -0.1) is 0 Å². The molecule has 1 N–H and O–H groups in total. The number of hydrogen-bond acceptors (Lipinski definition) is 3. The number of nitrogens with one attached hydrogen (secondary N) is 1. The number of nitrogens with zero attached hydrogens (tertiary/aromatic N) is 2. The SMILES string of the molecule is CN(C(=O)N1Cc2ccc(F)cc2C1)[C@H]1COCc2[nH]c(=O)c3cc(F)c(F)cc3c21. The van der Waals surface area contributed by atoms with Gasteiger partial charge in [-0.25, -0.2) is 18.0 Å². The van der Waals surface area contributed by atoms with Crippen molar-refractivity contribution in [2.75, 3.05) is 13.7 Å². The first-order valence-corrected chi connectivity index (χ1v) is 9.74. The maximum atomic E-state index is 14.0. The van der Waals surface area contributed by atoms with Crippen LogP contribution in [0, 0.1) is 17.5 Å². The van der Waals surface area contributed by atoms with Gasteiger partial charge in [-0.05, 0) is 40.8 Å². The summed E-state index contributed by atoms with van der Waals surface area (Å²) in [6.45, 7) is 0.825. The molecule has 31 heavy (non-hydrogen) atoms. The largest absolute Gasteiger partial charge is 0.373 e. The van der Waals surface area contributed by atoms with Gasteiger partial charge >= 0.3 is 6.03 Å². The van der Waals surface area contributed by atoms with Crippen LogP contribution in [-0.2, 0) is 24.4 Å². The van der Waals surface area contributed by atoms with Crippen molar-refractivity contribution < 1.29 is 22.7 Å². The maximum Gasteiger partial charge on any atom is 0.320 e. The average molecular weight is 429 g/mol. The summed E-state index contributed by atoms with van der Waals surface area (Å²) < 4.78 is 46.9. The molecule has 0 saturated heterocycles. The number of carbonyl (C=O) groups is 1. The molecule has 0 fully saturated rings. The Labute approximate surface area is 174 Å². The Balaban J connectivity index is 1.53. The lowest BCUT2D eigenvalue weighted by atomic mass is 9.95. The van der Waals surface area contributed by atoms with Crippen LogP contribution in [-0.4, -0.2) is 34.5 Å². The highest BCUT2D eigenvalue weighted by atomic mass is 19.2. The number of pyridine rings is 1. The number of likely N-dealkylation sites (N-methyl/N-ethyl adjacent to an activating group) is 1. The average Bonchev–Trinajstić information content (AvgIpc) is 3.17. The van der Waals surface area contributed by atoms with E-state index in [2.05, 4.69) is 4.98 Å². The molecule has 2 aliphatic rings. The van der Waals surface area contributed by atoms with Crippen molar-refractivity contribution in [1.82, 2.24) is 14.8 Å². The molecule has 2 amide bonds. The summed E-state index contributed by atoms with van der Waals surface area (Å²) in [4.78, 5) is 31.3. The van der Waals surface area contributed by atoms with Gasteiger partial charge in [0.05, 0.1) is 24.6 Å². The Bertz CT molecular complexity index is 1290. The third-order valence-electron chi connectivity index (χ3n) is 5.97. The second-order valence-corrected chi connectivity index (χ2v) is 7.85. The molecule has 0 unspecified atom stereocenters. The number of aromatic nitrogens is 1. The van der Waals surface area contributed by atoms with Crippen molar-refractivity contribution in [2.45, 2.75) is 25.7 Å². The molecular weight excluding hydrogens is 411 g/mol. The first kappa shape index (κ1) is 19.6. The maximum absolute atomic E-state index is 14.0. The normalized spacial score (nSPS) is 17.5. The number of urea groups is 1. The summed E-state index contributed by atoms with van der Waals surface area (Å²) in [5.41, 5.74) is 2.01. The Morgan fingerprint density at radius 1 is 1.10 bits per heavy atom. The molecule has 0 radical (unpaired) electrons. The zero-order chi connectivity index (χ0) is 21.9. The fourth-order valence-electron chi connectivity index (χ4n) is 4.40. The number of halogens is 3. The minimum atomic E-state index is -1.12. The van der Waals surface area contributed by atoms with Crippen molar-refractivity contribution in [3.63, 3.8) is 0 Å². The first-order valence-electron chi connectivity index (χ1n) is 9.74. The van der Waals surface area contributed by atoms with Crippen LogP contribution >= 0.6 is 0 Å². The number of H-pyrrole nitrogens is 1. The molecule has 1 aromatic heterocycles. The Kier molecular flexibility index (Phi) is 4.51. The predicted molar refractivity (Wildman–Crippen MR) is 106 cm³/mol. The van der Waals surface area contributed by atoms with Gasteiger partial charge < -0.3 is 19.5 Å². The summed E-state index contributed by atoms with van der Waals surface area (Å²) in [5.74, 6) is -2.55. The van der Waals surface area contributed by atoms with Crippen LogP contribution in [0.4, 0.5) is 18.0 Å². The van der Waals surface area contributed by atoms with Crippen molar-refractivity contribution in [1.29, 1.82) is 0 Å². The zero-order valence-corrected chi connectivity index (χ0v) is 16.5. The molecule has 3 aromatic rings. The molecule has 2 aromatic carbocycles. The number of benzene rings is 2. The highest BCUT2D eigenvalue weighted by Crippen LogP contribution is 2.35. The van der Waals surface area contributed by atoms with Crippen molar-refractivity contribution in [3.8, 4) is 0 Å². The van der Waals surface area contributed by atoms with Gasteiger partial charge in [-0.2, -0.15) is 0 Å². The molecule has 160 valence electrons. The summed E-state index contributed by atoms with van der Waals surface area (Å²) in [6, 6.07) is 5.34. The molecule has 5 rings (SSSR count). The van der Waals surface area contributed by atoms with E-state index in [-0.39, 0.29) is 42.4 Å². The van der Waals surface area contributed by atoms with E-state index < -0.39 is 23.2 Å². The number of rotatable bonds is 1. The van der Waals surface area contributed by atoms with Crippen molar-refractivity contribution >= 4 is 16.8 Å². The molecule has 3 heterocycles. The second-order valence-electron chi connectivity index (χ2n) is 7.85. The van der Waals surface area contributed by atoms with E-state index in [9.17, 15) is 22.8 Å². The minimum absolute atomic E-state index is 0.00875. The van der Waals surface area contributed by atoms with E-state index in [1.807, 2.05) is 0 Å². The molecule has 6 nitrogen and oxygen atoms in total. The molecule has 9 heteroatoms. The highest BCUT2D eigenvalue weighted by Gasteiger charge is 2.34. The van der Waals surface area contributed by atoms with Crippen molar-refractivity contribution in [2.24, 2.45) is 0 Å². The van der Waals surface area contributed by atoms with Gasteiger partial charge in [0, 0.05) is 31.4 Å². The Morgan fingerprint density at radius 2 is 1.81 bits per heavy atom. The Morgan fingerprint density at radius 3 is 2.58 bits per heavy atom. The number of amides is 2. The Hall–Kier alpha value is -3.33. The van der Waals surface area contributed by atoms with Gasteiger partial charge in [0.2, 0.25) is 0 Å². The molecule has 0 bridgehead atoms. The summed E-state index contributed by atoms with van der Waals surface area (Å²) in [7, 11) is 1.59. The highest BCUT2D eigenvalue weighted by molar-refractivity contribution is 5.87. The lowest BCUT2D eigenvalue weighted by Gasteiger charge is -2.35. The molecule has 1 atom stereocenters. The van der Waals surface area contributed by atoms with E-state index in [1.165, 1.54) is 17.0 Å². The number of ether oxygens (including phenoxy) is 1. The fourth-order valence-corrected chi connectivity index (χ4v) is 4.40. The van der Waals surface area contributed by atoms with E-state index in [1.54, 1.807) is 18.0 Å². The monoisotopic (exact) mass is 429 g/mol. The minimum Gasteiger partial charge on any atom is -0.373 e. The fraction of sp³-hybridized carbons (Fsp3) is 0.273. The number of aromatic amines is 1. The van der Waals surface area contributed by atoms with E-state index in [4.69, 9.17) is 4.74 Å². The molecule has 0 saturated carbocycles.